The van der Waals surface area contributed by atoms with E-state index in [1.807, 2.05) is 19.1 Å². The van der Waals surface area contributed by atoms with E-state index in [4.69, 9.17) is 23.2 Å². The fourth-order valence-corrected chi connectivity index (χ4v) is 4.32. The Morgan fingerprint density at radius 3 is 2.70 bits per heavy atom. The molecule has 3 heterocycles. The van der Waals surface area contributed by atoms with Gasteiger partial charge in [0.1, 0.15) is 18.0 Å². The van der Waals surface area contributed by atoms with E-state index in [0.29, 0.717) is 58.5 Å². The monoisotopic (exact) mass is 485 g/mol. The third-order valence-electron chi connectivity index (χ3n) is 5.72. The summed E-state index contributed by atoms with van der Waals surface area (Å²) in [6, 6.07) is 8.70. The van der Waals surface area contributed by atoms with Crippen molar-refractivity contribution in [1.82, 2.24) is 29.9 Å². The second-order valence-electron chi connectivity index (χ2n) is 7.97. The number of rotatable bonds is 4. The van der Waals surface area contributed by atoms with Crippen molar-refractivity contribution >= 4 is 56.9 Å². The van der Waals surface area contributed by atoms with Crippen LogP contribution in [-0.2, 0) is 0 Å². The Kier molecular flexibility index (Phi) is 5.79. The van der Waals surface area contributed by atoms with Crippen molar-refractivity contribution in [2.75, 3.05) is 31.5 Å². The summed E-state index contributed by atoms with van der Waals surface area (Å²) < 4.78 is 0. The number of H-pyrrole nitrogens is 1. The summed E-state index contributed by atoms with van der Waals surface area (Å²) in [5.41, 5.74) is 2.66. The van der Waals surface area contributed by atoms with Gasteiger partial charge in [0, 0.05) is 36.6 Å². The van der Waals surface area contributed by atoms with E-state index in [0.717, 1.165) is 16.9 Å². The van der Waals surface area contributed by atoms with E-state index in [1.165, 1.54) is 11.4 Å². The van der Waals surface area contributed by atoms with Crippen LogP contribution in [0.3, 0.4) is 0 Å². The number of piperazine rings is 1. The van der Waals surface area contributed by atoms with Crippen LogP contribution < -0.4 is 5.32 Å². The molecule has 0 saturated carbocycles. The molecule has 33 heavy (non-hydrogen) atoms. The molecule has 5 rings (SSSR count). The Bertz CT molecular complexity index is 1350. The molecule has 0 aliphatic carbocycles. The molecule has 1 aliphatic heterocycles. The quantitative estimate of drug-likeness (QED) is 0.398. The van der Waals surface area contributed by atoms with Crippen LogP contribution in [0.15, 0.2) is 36.7 Å². The lowest BCUT2D eigenvalue weighted by Gasteiger charge is -2.31. The zero-order valence-electron chi connectivity index (χ0n) is 17.7. The summed E-state index contributed by atoms with van der Waals surface area (Å²) in [4.78, 5) is 31.3. The second kappa shape index (κ2) is 8.75. The van der Waals surface area contributed by atoms with Crippen LogP contribution in [-0.4, -0.2) is 67.2 Å². The van der Waals surface area contributed by atoms with Crippen molar-refractivity contribution < 1.29 is 10.0 Å². The van der Waals surface area contributed by atoms with E-state index in [1.54, 1.807) is 23.1 Å². The predicted molar refractivity (Wildman–Crippen MR) is 127 cm³/mol. The molecule has 1 amide bonds. The van der Waals surface area contributed by atoms with Crippen molar-refractivity contribution in [3.63, 3.8) is 0 Å². The van der Waals surface area contributed by atoms with Crippen LogP contribution >= 0.6 is 23.2 Å². The van der Waals surface area contributed by atoms with Crippen molar-refractivity contribution in [2.24, 2.45) is 0 Å². The zero-order chi connectivity index (χ0) is 23.1. The van der Waals surface area contributed by atoms with Gasteiger partial charge in [0.2, 0.25) is 0 Å². The number of nitrogens with zero attached hydrogens (tertiary/aromatic N) is 5. The Morgan fingerprint density at radius 2 is 1.91 bits per heavy atom. The smallest absolute Gasteiger partial charge is 0.255 e. The van der Waals surface area contributed by atoms with Gasteiger partial charge < -0.3 is 20.4 Å². The number of fused-ring (bicyclic) bond motifs is 2. The predicted octanol–water partition coefficient (Wildman–Crippen LogP) is 4.13. The van der Waals surface area contributed by atoms with Crippen molar-refractivity contribution in [3.8, 4) is 0 Å². The summed E-state index contributed by atoms with van der Waals surface area (Å²) in [6.45, 7) is 3.63. The molecular weight excluding hydrogens is 465 g/mol. The minimum atomic E-state index is -0.191. The van der Waals surface area contributed by atoms with E-state index >= 15 is 0 Å². The van der Waals surface area contributed by atoms with Crippen LogP contribution in [0.2, 0.25) is 10.0 Å². The first-order chi connectivity index (χ1) is 15.9. The highest BCUT2D eigenvalue weighted by molar-refractivity contribution is 6.35. The summed E-state index contributed by atoms with van der Waals surface area (Å²) in [5.74, 6) is 1.14. The number of nitrogens with one attached hydrogen (secondary N) is 2. The fraction of sp³-hybridized carbons (Fsp3) is 0.273. The van der Waals surface area contributed by atoms with Gasteiger partial charge in [0.25, 0.3) is 5.91 Å². The first-order valence-electron chi connectivity index (χ1n) is 10.5. The molecule has 2 aromatic heterocycles. The van der Waals surface area contributed by atoms with Gasteiger partial charge in [0.15, 0.2) is 0 Å². The first kappa shape index (κ1) is 21.8. The minimum absolute atomic E-state index is 0.183. The molecule has 170 valence electrons. The standard InChI is InChI=1S/C22H21Cl2N7O2/c1-12(20-28-17-3-2-13(23)8-19(17)29-20)27-21-15-9-16(24)14(10-18(15)25-11-26-21)22(32)30-4-6-31(33)7-5-30/h2-3,8-12,33H,4-7H2,1H3,(H,28,29)(H,25,26,27). The summed E-state index contributed by atoms with van der Waals surface area (Å²) >= 11 is 12.6. The normalized spacial score (nSPS) is 15.8. The Hall–Kier alpha value is -2.98. The molecule has 1 unspecified atom stereocenters. The molecular formula is C22H21Cl2N7O2. The lowest BCUT2D eigenvalue weighted by molar-refractivity contribution is -0.112. The number of hydroxylamine groups is 2. The molecule has 1 saturated heterocycles. The molecule has 1 fully saturated rings. The van der Waals surface area contributed by atoms with Gasteiger partial charge in [-0.05, 0) is 37.3 Å². The van der Waals surface area contributed by atoms with Crippen molar-refractivity contribution in [2.45, 2.75) is 13.0 Å². The molecule has 3 N–H and O–H groups in total. The zero-order valence-corrected chi connectivity index (χ0v) is 19.2. The number of amides is 1. The number of halogens is 2. The van der Waals surface area contributed by atoms with Gasteiger partial charge in [-0.15, -0.1) is 0 Å². The SMILES string of the molecule is CC(Nc1ncnc2cc(C(=O)N3CCN(O)CC3)c(Cl)cc12)c1nc2ccc(Cl)cc2[nH]1. The average Bonchev–Trinajstić information content (AvgIpc) is 3.22. The second-order valence-corrected chi connectivity index (χ2v) is 8.81. The molecule has 0 bridgehead atoms. The molecule has 1 atom stereocenters. The van der Waals surface area contributed by atoms with Crippen molar-refractivity contribution in [3.05, 3.63) is 58.1 Å². The Labute approximate surface area is 199 Å². The topological polar surface area (TPSA) is 110 Å². The summed E-state index contributed by atoms with van der Waals surface area (Å²) in [5, 5.41) is 15.8. The number of carbonyl (C=O) groups is 1. The highest BCUT2D eigenvalue weighted by Crippen LogP contribution is 2.30. The molecule has 0 radical (unpaired) electrons. The molecule has 11 heteroatoms. The molecule has 9 nitrogen and oxygen atoms in total. The largest absolute Gasteiger partial charge is 0.360 e. The Balaban J connectivity index is 1.43. The van der Waals surface area contributed by atoms with E-state index in [2.05, 4.69) is 25.3 Å². The number of hydrogen-bond acceptors (Lipinski definition) is 7. The van der Waals surface area contributed by atoms with E-state index < -0.39 is 0 Å². The van der Waals surface area contributed by atoms with Crippen LogP contribution in [0.5, 0.6) is 0 Å². The van der Waals surface area contributed by atoms with Gasteiger partial charge in [-0.25, -0.2) is 15.0 Å². The molecule has 2 aromatic carbocycles. The number of aromatic amines is 1. The summed E-state index contributed by atoms with van der Waals surface area (Å²) in [6.07, 6.45) is 1.45. The number of imidazole rings is 1. The van der Waals surface area contributed by atoms with Crippen LogP contribution in [0.4, 0.5) is 5.82 Å². The first-order valence-corrected chi connectivity index (χ1v) is 11.2. The molecule has 4 aromatic rings. The third-order valence-corrected chi connectivity index (χ3v) is 6.27. The van der Waals surface area contributed by atoms with Crippen LogP contribution in [0, 0.1) is 0 Å². The number of hydrogen-bond donors (Lipinski definition) is 3. The van der Waals surface area contributed by atoms with Gasteiger partial charge in [-0.1, -0.05) is 23.2 Å². The highest BCUT2D eigenvalue weighted by atomic mass is 35.5. The minimum Gasteiger partial charge on any atom is -0.360 e. The lowest BCUT2D eigenvalue weighted by atomic mass is 10.1. The lowest BCUT2D eigenvalue weighted by Crippen LogP contribution is -2.47. The van der Waals surface area contributed by atoms with E-state index in [9.17, 15) is 10.0 Å². The maximum atomic E-state index is 13.0. The molecule has 0 spiro atoms. The average molecular weight is 486 g/mol. The molecule has 1 aliphatic rings. The van der Waals surface area contributed by atoms with Gasteiger partial charge in [0.05, 0.1) is 33.2 Å². The van der Waals surface area contributed by atoms with Crippen LogP contribution in [0.1, 0.15) is 29.1 Å². The van der Waals surface area contributed by atoms with Gasteiger partial charge in [-0.3, -0.25) is 4.79 Å². The van der Waals surface area contributed by atoms with Crippen LogP contribution in [0.25, 0.3) is 21.9 Å². The fourth-order valence-electron chi connectivity index (χ4n) is 3.90. The van der Waals surface area contributed by atoms with E-state index in [-0.39, 0.29) is 11.9 Å². The van der Waals surface area contributed by atoms with Crippen molar-refractivity contribution in [1.29, 1.82) is 0 Å². The van der Waals surface area contributed by atoms with Gasteiger partial charge in [-0.2, -0.15) is 5.06 Å². The number of carbonyl (C=O) groups excluding carboxylic acids is 1. The van der Waals surface area contributed by atoms with Gasteiger partial charge >= 0.3 is 0 Å². The maximum Gasteiger partial charge on any atom is 0.255 e. The summed E-state index contributed by atoms with van der Waals surface area (Å²) in [7, 11) is 0. The Morgan fingerprint density at radius 1 is 1.12 bits per heavy atom. The maximum absolute atomic E-state index is 13.0. The number of benzene rings is 2. The third kappa shape index (κ3) is 4.32. The number of aromatic nitrogens is 4. The highest BCUT2D eigenvalue weighted by Gasteiger charge is 2.24. The number of anilines is 1.